The molecule has 1 N–H and O–H groups in total. The van der Waals surface area contributed by atoms with Crippen LogP contribution in [0.4, 0.5) is 4.79 Å². The summed E-state index contributed by atoms with van der Waals surface area (Å²) in [5.74, 6) is 0.490. The topological polar surface area (TPSA) is 41.6 Å². The molecule has 2 aliphatic heterocycles. The summed E-state index contributed by atoms with van der Waals surface area (Å²) < 4.78 is 7.04. The standard InChI is InChI=1S/C6H9IN2O2/c7-9-1-4-3-11-6(10)8-5(4)2-9/h4-5H,1-3H2,(H,8,10). The summed E-state index contributed by atoms with van der Waals surface area (Å²) in [7, 11) is 0. The Labute approximate surface area is 78.8 Å². The van der Waals surface area contributed by atoms with Crippen LogP contribution in [0.25, 0.3) is 0 Å². The fraction of sp³-hybridized carbons (Fsp3) is 0.833. The van der Waals surface area contributed by atoms with Crippen LogP contribution in [-0.4, -0.2) is 34.9 Å². The Morgan fingerprint density at radius 2 is 2.45 bits per heavy atom. The minimum atomic E-state index is -0.266. The van der Waals surface area contributed by atoms with Gasteiger partial charge in [-0.3, -0.25) is 0 Å². The van der Waals surface area contributed by atoms with Crippen LogP contribution in [0.15, 0.2) is 0 Å². The largest absolute Gasteiger partial charge is 0.449 e. The predicted molar refractivity (Wildman–Crippen MR) is 47.4 cm³/mol. The van der Waals surface area contributed by atoms with Gasteiger partial charge in [0, 0.05) is 41.9 Å². The van der Waals surface area contributed by atoms with Crippen molar-refractivity contribution in [1.82, 2.24) is 8.43 Å². The fourth-order valence-corrected chi connectivity index (χ4v) is 2.46. The van der Waals surface area contributed by atoms with E-state index in [-0.39, 0.29) is 6.09 Å². The number of hydrogen-bond acceptors (Lipinski definition) is 3. The van der Waals surface area contributed by atoms with Gasteiger partial charge in [-0.1, -0.05) is 0 Å². The second-order valence-electron chi connectivity index (χ2n) is 2.94. The summed E-state index contributed by atoms with van der Waals surface area (Å²) in [6.07, 6.45) is -0.266. The van der Waals surface area contributed by atoms with Crippen molar-refractivity contribution in [3.05, 3.63) is 0 Å². The van der Waals surface area contributed by atoms with Gasteiger partial charge in [0.15, 0.2) is 0 Å². The molecule has 0 aromatic carbocycles. The molecule has 11 heavy (non-hydrogen) atoms. The van der Waals surface area contributed by atoms with Crippen LogP contribution < -0.4 is 5.32 Å². The van der Waals surface area contributed by atoms with Crippen molar-refractivity contribution >= 4 is 29.0 Å². The van der Waals surface area contributed by atoms with Crippen molar-refractivity contribution in [2.75, 3.05) is 19.7 Å². The summed E-state index contributed by atoms with van der Waals surface area (Å²) in [5, 5.41) is 2.80. The van der Waals surface area contributed by atoms with E-state index in [0.717, 1.165) is 13.1 Å². The average molecular weight is 268 g/mol. The average Bonchev–Trinajstić information content (AvgIpc) is 2.27. The van der Waals surface area contributed by atoms with Gasteiger partial charge in [0.05, 0.1) is 12.6 Å². The molecule has 0 aliphatic carbocycles. The van der Waals surface area contributed by atoms with E-state index in [1.165, 1.54) is 0 Å². The molecule has 2 atom stereocenters. The van der Waals surface area contributed by atoms with Gasteiger partial charge in [-0.15, -0.1) is 0 Å². The zero-order valence-corrected chi connectivity index (χ0v) is 8.08. The van der Waals surface area contributed by atoms with Crippen LogP contribution in [0.1, 0.15) is 0 Å². The number of ether oxygens (including phenoxy) is 1. The van der Waals surface area contributed by atoms with E-state index in [0.29, 0.717) is 18.6 Å². The van der Waals surface area contributed by atoms with Crippen LogP contribution in [0.5, 0.6) is 0 Å². The lowest BCUT2D eigenvalue weighted by atomic mass is 10.0. The van der Waals surface area contributed by atoms with Crippen LogP contribution in [0, 0.1) is 5.92 Å². The Kier molecular flexibility index (Phi) is 1.92. The van der Waals surface area contributed by atoms with Crippen LogP contribution in [0.2, 0.25) is 0 Å². The molecule has 2 heterocycles. The summed E-state index contributed by atoms with van der Waals surface area (Å²) in [5.41, 5.74) is 0. The van der Waals surface area contributed by atoms with Gasteiger partial charge >= 0.3 is 6.09 Å². The minimum absolute atomic E-state index is 0.266. The molecule has 2 rings (SSSR count). The number of nitrogens with one attached hydrogen (secondary N) is 1. The van der Waals surface area contributed by atoms with E-state index in [1.807, 2.05) is 0 Å². The Hall–Kier alpha value is -0.0400. The Bertz CT molecular complexity index is 187. The van der Waals surface area contributed by atoms with Gasteiger partial charge in [0.2, 0.25) is 0 Å². The van der Waals surface area contributed by atoms with Crippen molar-refractivity contribution < 1.29 is 9.53 Å². The lowest BCUT2D eigenvalue weighted by Crippen LogP contribution is -2.47. The van der Waals surface area contributed by atoms with Gasteiger partial charge in [-0.25, -0.2) is 7.91 Å². The van der Waals surface area contributed by atoms with E-state index in [2.05, 4.69) is 31.3 Å². The van der Waals surface area contributed by atoms with Crippen molar-refractivity contribution in [3.63, 3.8) is 0 Å². The molecule has 5 heteroatoms. The number of nitrogens with zero attached hydrogens (tertiary/aromatic N) is 1. The summed E-state index contributed by atoms with van der Waals surface area (Å²) in [6.45, 7) is 2.54. The van der Waals surface area contributed by atoms with Crippen LogP contribution >= 0.6 is 22.9 Å². The molecule has 0 aromatic heterocycles. The van der Waals surface area contributed by atoms with Crippen molar-refractivity contribution in [3.8, 4) is 0 Å². The smallest absolute Gasteiger partial charge is 0.407 e. The number of amides is 1. The zero-order chi connectivity index (χ0) is 7.84. The van der Waals surface area contributed by atoms with Gasteiger partial charge in [-0.05, 0) is 0 Å². The van der Waals surface area contributed by atoms with E-state index in [1.54, 1.807) is 0 Å². The number of rotatable bonds is 0. The lowest BCUT2D eigenvalue weighted by Gasteiger charge is -2.24. The Morgan fingerprint density at radius 3 is 3.27 bits per heavy atom. The first-order chi connectivity index (χ1) is 5.25. The number of halogens is 1. The third-order valence-electron chi connectivity index (χ3n) is 2.13. The van der Waals surface area contributed by atoms with Crippen LogP contribution in [0.3, 0.4) is 0 Å². The summed E-state index contributed by atoms with van der Waals surface area (Å²) >= 11 is 2.27. The monoisotopic (exact) mass is 268 g/mol. The number of carbonyl (C=O) groups excluding carboxylic acids is 1. The van der Waals surface area contributed by atoms with Gasteiger partial charge in [-0.2, -0.15) is 0 Å². The third-order valence-corrected chi connectivity index (χ3v) is 2.92. The van der Waals surface area contributed by atoms with E-state index in [4.69, 9.17) is 4.74 Å². The molecule has 0 spiro atoms. The highest BCUT2D eigenvalue weighted by Gasteiger charge is 2.37. The molecule has 0 aromatic rings. The maximum Gasteiger partial charge on any atom is 0.407 e. The Balaban J connectivity index is 2.02. The van der Waals surface area contributed by atoms with Crippen molar-refractivity contribution in [1.29, 1.82) is 0 Å². The number of hydrogen-bond donors (Lipinski definition) is 1. The van der Waals surface area contributed by atoms with Gasteiger partial charge < -0.3 is 10.1 Å². The lowest BCUT2D eigenvalue weighted by molar-refractivity contribution is 0.0949. The Morgan fingerprint density at radius 1 is 1.64 bits per heavy atom. The number of carbonyl (C=O) groups is 1. The van der Waals surface area contributed by atoms with Crippen molar-refractivity contribution in [2.24, 2.45) is 5.92 Å². The SMILES string of the molecule is O=C1NC2CN(I)CC2CO1. The molecule has 0 bridgehead atoms. The molecule has 62 valence electrons. The van der Waals surface area contributed by atoms with Gasteiger partial charge in [0.1, 0.15) is 0 Å². The minimum Gasteiger partial charge on any atom is -0.449 e. The molecule has 0 radical (unpaired) electrons. The first-order valence-corrected chi connectivity index (χ1v) is 4.56. The molecule has 2 unspecified atom stereocenters. The molecule has 2 aliphatic rings. The summed E-state index contributed by atoms with van der Waals surface area (Å²) in [6, 6.07) is 0.313. The molecular weight excluding hydrogens is 259 g/mol. The molecule has 4 nitrogen and oxygen atoms in total. The maximum atomic E-state index is 10.8. The molecule has 1 amide bonds. The number of cyclic esters (lactones) is 1. The predicted octanol–water partition coefficient (Wildman–Crippen LogP) is 0.377. The first-order valence-electron chi connectivity index (χ1n) is 3.60. The summed E-state index contributed by atoms with van der Waals surface area (Å²) in [4.78, 5) is 10.8. The highest BCUT2D eigenvalue weighted by atomic mass is 127. The van der Waals surface area contributed by atoms with E-state index in [9.17, 15) is 4.79 Å². The molecule has 0 saturated carbocycles. The molecular formula is C6H9IN2O2. The normalized spacial score (nSPS) is 37.7. The second kappa shape index (κ2) is 2.78. The molecule has 2 fully saturated rings. The fourth-order valence-electron chi connectivity index (χ4n) is 1.53. The maximum absolute atomic E-state index is 10.8. The van der Waals surface area contributed by atoms with Crippen LogP contribution in [-0.2, 0) is 4.74 Å². The highest BCUT2D eigenvalue weighted by molar-refractivity contribution is 14.1. The quantitative estimate of drug-likeness (QED) is 0.510. The van der Waals surface area contributed by atoms with E-state index >= 15 is 0 Å². The third kappa shape index (κ3) is 1.44. The van der Waals surface area contributed by atoms with E-state index < -0.39 is 0 Å². The highest BCUT2D eigenvalue weighted by Crippen LogP contribution is 2.22. The first kappa shape index (κ1) is 7.60. The number of alkyl carbamates (subject to hydrolysis) is 1. The van der Waals surface area contributed by atoms with Gasteiger partial charge in [0.25, 0.3) is 0 Å². The number of fused-ring (bicyclic) bond motifs is 1. The second-order valence-corrected chi connectivity index (χ2v) is 4.30. The van der Waals surface area contributed by atoms with Crippen molar-refractivity contribution in [2.45, 2.75) is 6.04 Å². The zero-order valence-electron chi connectivity index (χ0n) is 5.92. The molecule has 2 saturated heterocycles.